The maximum absolute atomic E-state index is 12.4. The number of hydrogen-bond acceptors (Lipinski definition) is 3. The molecule has 0 radical (unpaired) electrons. The minimum atomic E-state index is -1.35. The van der Waals surface area contributed by atoms with Gasteiger partial charge >= 0.3 is 0 Å². The van der Waals surface area contributed by atoms with Crippen LogP contribution in [0.5, 0.6) is 0 Å². The van der Waals surface area contributed by atoms with Crippen molar-refractivity contribution in [3.8, 4) is 0 Å². The second-order valence-corrected chi connectivity index (χ2v) is 7.76. The van der Waals surface area contributed by atoms with Gasteiger partial charge in [-0.15, -0.1) is 0 Å². The lowest BCUT2D eigenvalue weighted by atomic mass is 10.2. The van der Waals surface area contributed by atoms with E-state index in [9.17, 15) is 9.00 Å². The number of amides is 1. The van der Waals surface area contributed by atoms with Crippen LogP contribution < -0.4 is 5.32 Å². The van der Waals surface area contributed by atoms with Crippen molar-refractivity contribution in [1.82, 2.24) is 5.32 Å². The summed E-state index contributed by atoms with van der Waals surface area (Å²) in [7, 11) is -1.35. The summed E-state index contributed by atoms with van der Waals surface area (Å²) in [4.78, 5) is 12.7. The fourth-order valence-corrected chi connectivity index (χ4v) is 4.02. The van der Waals surface area contributed by atoms with Crippen molar-refractivity contribution in [3.63, 3.8) is 0 Å². The number of halogens is 2. The van der Waals surface area contributed by atoms with Gasteiger partial charge in [-0.2, -0.15) is 0 Å². The van der Waals surface area contributed by atoms with Crippen LogP contribution in [0, 0.1) is 0 Å². The summed E-state index contributed by atoms with van der Waals surface area (Å²) < 4.78 is 17.9. The Labute approximate surface area is 163 Å². The Morgan fingerprint density at radius 3 is 2.62 bits per heavy atom. The number of carbonyl (C=O) groups excluding carboxylic acids is 1. The highest BCUT2D eigenvalue weighted by atomic mass is 35.5. The van der Waals surface area contributed by atoms with Crippen molar-refractivity contribution in [1.29, 1.82) is 0 Å². The first-order valence-electron chi connectivity index (χ1n) is 7.77. The zero-order valence-corrected chi connectivity index (χ0v) is 15.9. The zero-order chi connectivity index (χ0) is 18.5. The molecule has 3 aromatic rings. The van der Waals surface area contributed by atoms with Crippen molar-refractivity contribution in [2.75, 3.05) is 0 Å². The van der Waals surface area contributed by atoms with Crippen molar-refractivity contribution in [2.45, 2.75) is 17.2 Å². The number of rotatable bonds is 6. The average molecular weight is 408 g/mol. The van der Waals surface area contributed by atoms with Crippen LogP contribution in [0.25, 0.3) is 0 Å². The third kappa shape index (κ3) is 4.75. The smallest absolute Gasteiger partial charge is 0.287 e. The lowest BCUT2D eigenvalue weighted by Crippen LogP contribution is -2.22. The second-order valence-electron chi connectivity index (χ2n) is 5.50. The van der Waals surface area contributed by atoms with E-state index in [1.54, 1.807) is 48.5 Å². The van der Waals surface area contributed by atoms with E-state index in [-0.39, 0.29) is 17.4 Å². The first kappa shape index (κ1) is 18.7. The molecule has 1 amide bonds. The van der Waals surface area contributed by atoms with Crippen LogP contribution in [0.15, 0.2) is 70.0 Å². The SMILES string of the molecule is O=C(NCc1cccc(Cl)c1)c1ccc(CS(=O)c2ccccc2Cl)o1. The highest BCUT2D eigenvalue weighted by Gasteiger charge is 2.15. The molecule has 1 aromatic heterocycles. The van der Waals surface area contributed by atoms with Crippen LogP contribution in [0.1, 0.15) is 21.9 Å². The van der Waals surface area contributed by atoms with Gasteiger partial charge in [0.05, 0.1) is 26.5 Å². The molecule has 0 aliphatic heterocycles. The Hall–Kier alpha value is -2.08. The standard InChI is InChI=1S/C19H15Cl2NO3S/c20-14-5-3-4-13(10-14)11-22-19(23)17-9-8-15(25-17)12-26(24)18-7-2-1-6-16(18)21/h1-10H,11-12H2,(H,22,23). The van der Waals surface area contributed by atoms with Gasteiger partial charge in [0.25, 0.3) is 5.91 Å². The quantitative estimate of drug-likeness (QED) is 0.636. The van der Waals surface area contributed by atoms with E-state index < -0.39 is 10.8 Å². The fraction of sp³-hybridized carbons (Fsp3) is 0.105. The molecule has 2 aromatic carbocycles. The summed E-state index contributed by atoms with van der Waals surface area (Å²) in [5.41, 5.74) is 0.887. The molecule has 4 nitrogen and oxygen atoms in total. The Balaban J connectivity index is 1.61. The van der Waals surface area contributed by atoms with Gasteiger partial charge in [-0.3, -0.25) is 9.00 Å². The molecule has 0 fully saturated rings. The molecule has 1 unspecified atom stereocenters. The molecule has 0 bridgehead atoms. The van der Waals surface area contributed by atoms with E-state index >= 15 is 0 Å². The monoisotopic (exact) mass is 407 g/mol. The fourth-order valence-electron chi connectivity index (χ4n) is 2.33. The normalized spacial score (nSPS) is 11.9. The lowest BCUT2D eigenvalue weighted by Gasteiger charge is -2.04. The summed E-state index contributed by atoms with van der Waals surface area (Å²) in [6.07, 6.45) is 0. The predicted octanol–water partition coefficient (Wildman–Crippen LogP) is 4.82. The van der Waals surface area contributed by atoms with Gasteiger partial charge in [0.15, 0.2) is 5.76 Å². The van der Waals surface area contributed by atoms with Crippen LogP contribution in [-0.2, 0) is 23.1 Å². The van der Waals surface area contributed by atoms with E-state index in [0.717, 1.165) is 5.56 Å². The number of nitrogens with one attached hydrogen (secondary N) is 1. The van der Waals surface area contributed by atoms with Gasteiger partial charge in [-0.1, -0.05) is 47.5 Å². The Morgan fingerprint density at radius 1 is 1.04 bits per heavy atom. The number of furan rings is 1. The topological polar surface area (TPSA) is 59.3 Å². The summed E-state index contributed by atoms with van der Waals surface area (Å²) in [6.45, 7) is 0.334. The van der Waals surface area contributed by atoms with Gasteiger partial charge < -0.3 is 9.73 Å². The molecule has 0 spiro atoms. The third-order valence-electron chi connectivity index (χ3n) is 3.58. The van der Waals surface area contributed by atoms with E-state index in [4.69, 9.17) is 27.6 Å². The van der Waals surface area contributed by atoms with Gasteiger partial charge in [-0.05, 0) is 42.0 Å². The average Bonchev–Trinajstić information content (AvgIpc) is 3.08. The number of carbonyl (C=O) groups is 1. The molecule has 0 saturated carbocycles. The molecule has 0 aliphatic carbocycles. The Kier molecular flexibility index (Phi) is 6.14. The maximum atomic E-state index is 12.4. The van der Waals surface area contributed by atoms with E-state index in [2.05, 4.69) is 5.32 Å². The molecule has 134 valence electrons. The third-order valence-corrected chi connectivity index (χ3v) is 5.65. The molecule has 26 heavy (non-hydrogen) atoms. The Morgan fingerprint density at radius 2 is 1.85 bits per heavy atom. The van der Waals surface area contributed by atoms with E-state index in [1.165, 1.54) is 0 Å². The van der Waals surface area contributed by atoms with E-state index in [0.29, 0.717) is 27.2 Å². The van der Waals surface area contributed by atoms with Gasteiger partial charge in [0.1, 0.15) is 5.76 Å². The van der Waals surface area contributed by atoms with Crippen molar-refractivity contribution in [2.24, 2.45) is 0 Å². The first-order chi connectivity index (χ1) is 12.5. The molecule has 1 atom stereocenters. The summed E-state index contributed by atoms with van der Waals surface area (Å²) in [6, 6.07) is 17.4. The minimum absolute atomic E-state index is 0.144. The van der Waals surface area contributed by atoms with Crippen LogP contribution in [0.4, 0.5) is 0 Å². The van der Waals surface area contributed by atoms with Crippen LogP contribution >= 0.6 is 23.2 Å². The summed E-state index contributed by atoms with van der Waals surface area (Å²) >= 11 is 12.0. The number of benzene rings is 2. The van der Waals surface area contributed by atoms with E-state index in [1.807, 2.05) is 12.1 Å². The molecule has 7 heteroatoms. The Bertz CT molecular complexity index is 955. The van der Waals surface area contributed by atoms with Crippen molar-refractivity contribution < 1.29 is 13.4 Å². The largest absolute Gasteiger partial charge is 0.455 e. The van der Waals surface area contributed by atoms with Gasteiger partial charge in [0.2, 0.25) is 0 Å². The van der Waals surface area contributed by atoms with Crippen LogP contribution in [0.2, 0.25) is 10.0 Å². The first-order valence-corrected chi connectivity index (χ1v) is 9.84. The van der Waals surface area contributed by atoms with Crippen LogP contribution in [0.3, 0.4) is 0 Å². The molecule has 1 N–H and O–H groups in total. The highest BCUT2D eigenvalue weighted by molar-refractivity contribution is 7.84. The molecule has 0 saturated heterocycles. The molecule has 1 heterocycles. The summed E-state index contributed by atoms with van der Waals surface area (Å²) in [5.74, 6) is 0.416. The van der Waals surface area contributed by atoms with Crippen molar-refractivity contribution >= 4 is 39.9 Å². The number of hydrogen-bond donors (Lipinski definition) is 1. The maximum Gasteiger partial charge on any atom is 0.287 e. The van der Waals surface area contributed by atoms with Crippen LogP contribution in [-0.4, -0.2) is 10.1 Å². The highest BCUT2D eigenvalue weighted by Crippen LogP contribution is 2.22. The molecular weight excluding hydrogens is 393 g/mol. The van der Waals surface area contributed by atoms with Gasteiger partial charge in [-0.25, -0.2) is 0 Å². The predicted molar refractivity (Wildman–Crippen MR) is 103 cm³/mol. The molecule has 3 rings (SSSR count). The minimum Gasteiger partial charge on any atom is -0.455 e. The van der Waals surface area contributed by atoms with Gasteiger partial charge in [0, 0.05) is 11.6 Å². The van der Waals surface area contributed by atoms with Crippen molar-refractivity contribution in [3.05, 3.63) is 87.8 Å². The molecule has 0 aliphatic rings. The summed E-state index contributed by atoms with van der Waals surface area (Å²) in [5, 5.41) is 3.81. The molecular formula is C19H15Cl2NO3S. The lowest BCUT2D eigenvalue weighted by molar-refractivity contribution is 0.0921. The second kappa shape index (κ2) is 8.54. The zero-order valence-electron chi connectivity index (χ0n) is 13.6.